The molecule has 0 spiro atoms. The number of hydrogen-bond donors (Lipinski definition) is 1. The molecular formula is C14H9N3S. The summed E-state index contributed by atoms with van der Waals surface area (Å²) in [7, 11) is 0. The smallest absolute Gasteiger partial charge is 0.145 e. The fourth-order valence-corrected chi connectivity index (χ4v) is 2.15. The fourth-order valence-electron chi connectivity index (χ4n) is 1.42. The fraction of sp³-hybridized carbons (Fsp3) is 0. The van der Waals surface area contributed by atoms with Gasteiger partial charge in [-0.15, -0.1) is 11.3 Å². The van der Waals surface area contributed by atoms with Crippen LogP contribution >= 0.6 is 11.3 Å². The lowest BCUT2D eigenvalue weighted by Crippen LogP contribution is -1.89. The van der Waals surface area contributed by atoms with Crippen molar-refractivity contribution in [3.63, 3.8) is 0 Å². The Morgan fingerprint density at radius 2 is 1.83 bits per heavy atom. The normalized spacial score (nSPS) is 9.00. The van der Waals surface area contributed by atoms with Crippen LogP contribution in [0.3, 0.4) is 0 Å². The van der Waals surface area contributed by atoms with Crippen LogP contribution in [0.5, 0.6) is 0 Å². The van der Waals surface area contributed by atoms with E-state index < -0.39 is 0 Å². The van der Waals surface area contributed by atoms with Gasteiger partial charge in [-0.1, -0.05) is 18.2 Å². The molecule has 86 valence electrons. The minimum Gasteiger partial charge on any atom is -0.360 e. The first-order valence-electron chi connectivity index (χ1n) is 5.24. The molecule has 1 heterocycles. The zero-order valence-electron chi connectivity index (χ0n) is 9.42. The van der Waals surface area contributed by atoms with Gasteiger partial charge in [0.1, 0.15) is 17.7 Å². The van der Waals surface area contributed by atoms with Crippen LogP contribution in [0.15, 0.2) is 53.6 Å². The Morgan fingerprint density at radius 3 is 2.39 bits per heavy atom. The number of rotatable bonds is 3. The average molecular weight is 251 g/mol. The first-order chi connectivity index (χ1) is 8.83. The highest BCUT2D eigenvalue weighted by atomic mass is 32.1. The summed E-state index contributed by atoms with van der Waals surface area (Å²) in [4.78, 5) is 1.21. The van der Waals surface area contributed by atoms with E-state index in [2.05, 4.69) is 11.4 Å². The van der Waals surface area contributed by atoms with E-state index in [4.69, 9.17) is 10.5 Å². The third-order valence-electron chi connectivity index (χ3n) is 2.31. The molecule has 0 fully saturated rings. The van der Waals surface area contributed by atoms with Crippen molar-refractivity contribution >= 4 is 17.0 Å². The summed E-state index contributed by atoms with van der Waals surface area (Å²) < 4.78 is 0. The quantitative estimate of drug-likeness (QED) is 0.845. The van der Waals surface area contributed by atoms with Crippen LogP contribution in [0.2, 0.25) is 0 Å². The van der Waals surface area contributed by atoms with Gasteiger partial charge < -0.3 is 5.32 Å². The molecule has 0 aliphatic heterocycles. The van der Waals surface area contributed by atoms with E-state index in [1.165, 1.54) is 11.1 Å². The molecule has 0 atom stereocenters. The monoisotopic (exact) mass is 251 g/mol. The molecule has 0 bridgehead atoms. The first kappa shape index (κ1) is 11.9. The Balaban J connectivity index is 2.12. The lowest BCUT2D eigenvalue weighted by Gasteiger charge is -2.02. The van der Waals surface area contributed by atoms with Crippen molar-refractivity contribution in [2.45, 2.75) is 0 Å². The Bertz CT molecular complexity index is 609. The van der Waals surface area contributed by atoms with Crippen LogP contribution in [0.25, 0.3) is 10.4 Å². The Labute approximate surface area is 109 Å². The van der Waals surface area contributed by atoms with Crippen LogP contribution in [0.1, 0.15) is 0 Å². The van der Waals surface area contributed by atoms with Crippen LogP contribution in [-0.4, -0.2) is 0 Å². The maximum absolute atomic E-state index is 8.59. The predicted octanol–water partition coefficient (Wildman–Crippen LogP) is 3.76. The highest BCUT2D eigenvalue weighted by Gasteiger charge is 1.98. The van der Waals surface area contributed by atoms with E-state index >= 15 is 0 Å². The van der Waals surface area contributed by atoms with E-state index in [9.17, 15) is 0 Å². The van der Waals surface area contributed by atoms with Crippen LogP contribution in [0.4, 0.5) is 5.69 Å². The maximum atomic E-state index is 8.59. The highest BCUT2D eigenvalue weighted by Crippen LogP contribution is 2.25. The summed E-state index contributed by atoms with van der Waals surface area (Å²) in [5.41, 5.74) is 2.05. The molecule has 3 nitrogen and oxygen atoms in total. The molecule has 0 saturated heterocycles. The summed E-state index contributed by atoms with van der Waals surface area (Å²) in [6.07, 6.45) is 1.40. The van der Waals surface area contributed by atoms with Gasteiger partial charge in [0.05, 0.1) is 0 Å². The molecule has 2 rings (SSSR count). The standard InChI is InChI=1S/C14H9N3S/c15-8-11(9-16)10-17-13-5-3-12(4-6-13)14-2-1-7-18-14/h1-7,10,17H. The van der Waals surface area contributed by atoms with Gasteiger partial charge in [0.15, 0.2) is 0 Å². The third-order valence-corrected chi connectivity index (χ3v) is 3.23. The van der Waals surface area contributed by atoms with Crippen molar-refractivity contribution in [1.29, 1.82) is 10.5 Å². The highest BCUT2D eigenvalue weighted by molar-refractivity contribution is 7.13. The SMILES string of the molecule is N#CC(C#N)=CNc1ccc(-c2cccs2)cc1. The number of nitriles is 2. The van der Waals surface area contributed by atoms with Crippen molar-refractivity contribution in [3.05, 3.63) is 53.6 Å². The Kier molecular flexibility index (Phi) is 3.76. The van der Waals surface area contributed by atoms with Crippen molar-refractivity contribution < 1.29 is 0 Å². The summed E-state index contributed by atoms with van der Waals surface area (Å²) in [6, 6.07) is 15.5. The molecule has 0 radical (unpaired) electrons. The van der Waals surface area contributed by atoms with Gasteiger partial charge in [-0.25, -0.2) is 0 Å². The number of benzene rings is 1. The second-order valence-corrected chi connectivity index (χ2v) is 4.43. The minimum atomic E-state index is 0.0531. The molecule has 0 aliphatic carbocycles. The topological polar surface area (TPSA) is 59.6 Å². The van der Waals surface area contributed by atoms with Gasteiger partial charge in [0.2, 0.25) is 0 Å². The molecule has 2 aromatic rings. The molecule has 0 saturated carbocycles. The first-order valence-corrected chi connectivity index (χ1v) is 6.12. The van der Waals surface area contributed by atoms with Gasteiger partial charge in [-0.3, -0.25) is 0 Å². The third kappa shape index (κ3) is 2.76. The Hall–Kier alpha value is -2.56. The molecule has 1 N–H and O–H groups in total. The van der Waals surface area contributed by atoms with Crippen LogP contribution < -0.4 is 5.32 Å². The van der Waals surface area contributed by atoms with Gasteiger partial charge in [0, 0.05) is 16.8 Å². The second-order valence-electron chi connectivity index (χ2n) is 3.48. The van der Waals surface area contributed by atoms with Crippen molar-refractivity contribution in [3.8, 4) is 22.6 Å². The van der Waals surface area contributed by atoms with Crippen molar-refractivity contribution in [2.24, 2.45) is 0 Å². The van der Waals surface area contributed by atoms with Gasteiger partial charge in [0.25, 0.3) is 0 Å². The second kappa shape index (κ2) is 5.67. The van der Waals surface area contributed by atoms with Crippen LogP contribution in [-0.2, 0) is 0 Å². The molecule has 18 heavy (non-hydrogen) atoms. The zero-order chi connectivity index (χ0) is 12.8. The number of anilines is 1. The Morgan fingerprint density at radius 1 is 1.11 bits per heavy atom. The summed E-state index contributed by atoms with van der Waals surface area (Å²) >= 11 is 1.69. The predicted molar refractivity (Wildman–Crippen MR) is 72.7 cm³/mol. The summed E-state index contributed by atoms with van der Waals surface area (Å²) in [5, 5.41) is 22.1. The summed E-state index contributed by atoms with van der Waals surface area (Å²) in [6.45, 7) is 0. The molecule has 0 amide bonds. The van der Waals surface area contributed by atoms with E-state index in [0.717, 1.165) is 11.3 Å². The summed E-state index contributed by atoms with van der Waals surface area (Å²) in [5.74, 6) is 0. The van der Waals surface area contributed by atoms with Gasteiger partial charge in [-0.2, -0.15) is 10.5 Å². The van der Waals surface area contributed by atoms with Gasteiger partial charge >= 0.3 is 0 Å². The van der Waals surface area contributed by atoms with Crippen LogP contribution in [0, 0.1) is 22.7 Å². The van der Waals surface area contributed by atoms with E-state index in [-0.39, 0.29) is 5.57 Å². The molecule has 1 aromatic carbocycles. The number of allylic oxidation sites excluding steroid dienone is 1. The lowest BCUT2D eigenvalue weighted by molar-refractivity contribution is 1.44. The average Bonchev–Trinajstić information content (AvgIpc) is 2.94. The van der Waals surface area contributed by atoms with Gasteiger partial charge in [-0.05, 0) is 29.1 Å². The molecule has 0 unspecified atom stereocenters. The number of nitrogens with one attached hydrogen (secondary N) is 1. The van der Waals surface area contributed by atoms with Crippen molar-refractivity contribution in [2.75, 3.05) is 5.32 Å². The maximum Gasteiger partial charge on any atom is 0.145 e. The zero-order valence-corrected chi connectivity index (χ0v) is 10.2. The number of thiophene rings is 1. The minimum absolute atomic E-state index is 0.0531. The molecule has 0 aliphatic rings. The largest absolute Gasteiger partial charge is 0.360 e. The molecule has 4 heteroatoms. The number of hydrogen-bond acceptors (Lipinski definition) is 4. The van der Waals surface area contributed by atoms with Crippen molar-refractivity contribution in [1.82, 2.24) is 0 Å². The molecule has 1 aromatic heterocycles. The van der Waals surface area contributed by atoms with E-state index in [1.807, 2.05) is 35.7 Å². The van der Waals surface area contributed by atoms with E-state index in [1.54, 1.807) is 23.5 Å². The number of nitrogens with zero attached hydrogens (tertiary/aromatic N) is 2. The molecular weight excluding hydrogens is 242 g/mol. The van der Waals surface area contributed by atoms with E-state index in [0.29, 0.717) is 0 Å². The lowest BCUT2D eigenvalue weighted by atomic mass is 10.2.